The second kappa shape index (κ2) is 5.14. The van der Waals surface area contributed by atoms with E-state index in [2.05, 4.69) is 53.5 Å². The molecule has 140 valence electrons. The summed E-state index contributed by atoms with van der Waals surface area (Å²) >= 11 is 0. The van der Waals surface area contributed by atoms with Crippen LogP contribution in [0.5, 0.6) is 0 Å². The van der Waals surface area contributed by atoms with Gasteiger partial charge in [0, 0.05) is 24.0 Å². The van der Waals surface area contributed by atoms with Crippen LogP contribution in [0.2, 0.25) is 0 Å². The van der Waals surface area contributed by atoms with Crippen molar-refractivity contribution in [2.45, 2.75) is 27.9 Å². The van der Waals surface area contributed by atoms with Gasteiger partial charge in [-0.15, -0.1) is 0 Å². The van der Waals surface area contributed by atoms with E-state index in [0.29, 0.717) is 4.90 Å². The van der Waals surface area contributed by atoms with Crippen LogP contribution in [0.4, 0.5) is 0 Å². The summed E-state index contributed by atoms with van der Waals surface area (Å²) in [6.07, 6.45) is 1.73. The van der Waals surface area contributed by atoms with Gasteiger partial charge in [-0.05, 0) is 45.2 Å². The summed E-state index contributed by atoms with van der Waals surface area (Å²) in [7, 11) is -3.44. The molecule has 0 N–H and O–H groups in total. The molecular weight excluding hydrogens is 378 g/mol. The number of sulfone groups is 1. The summed E-state index contributed by atoms with van der Waals surface area (Å²) in [5.41, 5.74) is 5.61. The van der Waals surface area contributed by atoms with Crippen molar-refractivity contribution in [3.8, 4) is 0 Å². The van der Waals surface area contributed by atoms with Gasteiger partial charge < -0.3 is 0 Å². The fraction of sp³-hybridized carbons (Fsp3) is 0.160. The normalized spacial score (nSPS) is 27.2. The summed E-state index contributed by atoms with van der Waals surface area (Å²) in [5.74, 6) is -0.253. The minimum Gasteiger partial charge on any atom is -0.260 e. The first kappa shape index (κ1) is 15.9. The first-order chi connectivity index (χ1) is 14.2. The Morgan fingerprint density at radius 1 is 0.690 bits per heavy atom. The number of fused-ring (bicyclic) bond motifs is 2. The molecule has 2 unspecified atom stereocenters. The largest absolute Gasteiger partial charge is 0.260 e. The molecule has 29 heavy (non-hydrogen) atoms. The van der Waals surface area contributed by atoms with Crippen LogP contribution >= 0.6 is 0 Å². The molecule has 4 heteroatoms. The number of pyridine rings is 1. The maximum atomic E-state index is 13.7. The van der Waals surface area contributed by atoms with Gasteiger partial charge in [0.1, 0.15) is 0 Å². The smallest absolute Gasteiger partial charge is 0.184 e. The van der Waals surface area contributed by atoms with Gasteiger partial charge in [-0.25, -0.2) is 8.42 Å². The molecule has 3 nitrogen and oxygen atoms in total. The van der Waals surface area contributed by atoms with Gasteiger partial charge in [0.15, 0.2) is 9.84 Å². The predicted octanol–water partition coefficient (Wildman–Crippen LogP) is 4.77. The Morgan fingerprint density at radius 2 is 1.31 bits per heavy atom. The molecule has 4 aromatic rings. The van der Waals surface area contributed by atoms with E-state index in [9.17, 15) is 8.42 Å². The van der Waals surface area contributed by atoms with Gasteiger partial charge in [-0.2, -0.15) is 0 Å². The highest BCUT2D eigenvalue weighted by atomic mass is 32.2. The first-order valence-electron chi connectivity index (χ1n) is 9.96. The number of hydrogen-bond acceptors (Lipinski definition) is 3. The topological polar surface area (TPSA) is 47.0 Å². The van der Waals surface area contributed by atoms with Crippen LogP contribution in [0.15, 0.2) is 83.9 Å². The molecule has 0 saturated heterocycles. The van der Waals surface area contributed by atoms with E-state index < -0.39 is 15.1 Å². The molecule has 4 aliphatic rings. The Balaban J connectivity index is 1.63. The van der Waals surface area contributed by atoms with E-state index in [4.69, 9.17) is 0 Å². The Bertz CT molecular complexity index is 1460. The van der Waals surface area contributed by atoms with Crippen LogP contribution in [0.25, 0.3) is 10.8 Å². The molecule has 0 spiro atoms. The molecule has 2 heterocycles. The van der Waals surface area contributed by atoms with Crippen LogP contribution < -0.4 is 0 Å². The lowest BCUT2D eigenvalue weighted by Crippen LogP contribution is -2.42. The molecule has 1 aromatic heterocycles. The highest BCUT2D eigenvalue weighted by molar-refractivity contribution is 7.92. The quantitative estimate of drug-likeness (QED) is 0.431. The molecule has 3 aliphatic carbocycles. The molecule has 2 bridgehead atoms. The zero-order valence-corrected chi connectivity index (χ0v) is 16.3. The van der Waals surface area contributed by atoms with Crippen molar-refractivity contribution in [1.82, 2.24) is 4.98 Å². The first-order valence-corrected chi connectivity index (χ1v) is 11.5. The maximum absolute atomic E-state index is 13.7. The maximum Gasteiger partial charge on any atom is 0.184 e. The van der Waals surface area contributed by atoms with Gasteiger partial charge in [0.25, 0.3) is 0 Å². The van der Waals surface area contributed by atoms with Crippen molar-refractivity contribution in [1.29, 1.82) is 0 Å². The van der Waals surface area contributed by atoms with Gasteiger partial charge in [0.2, 0.25) is 0 Å². The average molecular weight is 395 g/mol. The molecule has 3 aromatic carbocycles. The van der Waals surface area contributed by atoms with Crippen molar-refractivity contribution >= 4 is 20.6 Å². The summed E-state index contributed by atoms with van der Waals surface area (Å²) in [6.45, 7) is 0. The molecule has 0 radical (unpaired) electrons. The number of rotatable bonds is 0. The minimum absolute atomic E-state index is 0.0201. The summed E-state index contributed by atoms with van der Waals surface area (Å²) in [6, 6.07) is 24.7. The van der Waals surface area contributed by atoms with E-state index >= 15 is 0 Å². The molecule has 4 atom stereocenters. The van der Waals surface area contributed by atoms with Gasteiger partial charge in [0.05, 0.1) is 15.8 Å². The highest BCUT2D eigenvalue weighted by Gasteiger charge is 2.60. The molecule has 1 aliphatic heterocycles. The molecule has 0 amide bonds. The van der Waals surface area contributed by atoms with E-state index in [1.165, 1.54) is 27.5 Å². The number of hydrogen-bond donors (Lipinski definition) is 0. The summed E-state index contributed by atoms with van der Waals surface area (Å²) in [4.78, 5) is 5.01. The zero-order valence-electron chi connectivity index (χ0n) is 15.5. The van der Waals surface area contributed by atoms with Crippen molar-refractivity contribution < 1.29 is 8.42 Å². The molecular formula is C25H17NO2S. The van der Waals surface area contributed by atoms with Crippen LogP contribution in [-0.2, 0) is 9.84 Å². The predicted molar refractivity (Wildman–Crippen MR) is 112 cm³/mol. The van der Waals surface area contributed by atoms with Gasteiger partial charge in [-0.1, -0.05) is 60.7 Å². The standard InChI is InChI=1S/C25H17NO2S/c27-29(28)20-10-5-11-26-24(20)23-21-16-8-3-4-9-17(16)22(25(23)29)19-13-15-7-2-1-6-14(15)12-18(19)21/h1-13,21-23,25H/t21?,22?,23-,25-/m0/s1. The lowest BCUT2D eigenvalue weighted by atomic mass is 9.58. The number of benzene rings is 3. The Morgan fingerprint density at radius 3 is 2.03 bits per heavy atom. The number of aromatic nitrogens is 1. The fourth-order valence-corrected chi connectivity index (χ4v) is 8.46. The summed E-state index contributed by atoms with van der Waals surface area (Å²) < 4.78 is 27.3. The van der Waals surface area contributed by atoms with Crippen LogP contribution in [0, 0.1) is 0 Å². The van der Waals surface area contributed by atoms with Crippen LogP contribution in [0.1, 0.15) is 45.7 Å². The average Bonchev–Trinajstić information content (AvgIpc) is 3.00. The van der Waals surface area contributed by atoms with Crippen molar-refractivity contribution in [2.24, 2.45) is 0 Å². The minimum atomic E-state index is -3.44. The lowest BCUT2D eigenvalue weighted by molar-refractivity contribution is 0.446. The van der Waals surface area contributed by atoms with E-state index in [-0.39, 0.29) is 17.8 Å². The van der Waals surface area contributed by atoms with Crippen molar-refractivity contribution in [3.63, 3.8) is 0 Å². The Hall–Kier alpha value is -2.98. The van der Waals surface area contributed by atoms with E-state index in [1.807, 2.05) is 12.1 Å². The van der Waals surface area contributed by atoms with Crippen molar-refractivity contribution in [2.75, 3.05) is 0 Å². The monoisotopic (exact) mass is 395 g/mol. The zero-order chi connectivity index (χ0) is 19.3. The van der Waals surface area contributed by atoms with Gasteiger partial charge in [-0.3, -0.25) is 4.98 Å². The third-order valence-electron chi connectivity index (χ3n) is 7.11. The fourth-order valence-electron chi connectivity index (χ4n) is 6.09. The third-order valence-corrected chi connectivity index (χ3v) is 9.35. The summed E-state index contributed by atoms with van der Waals surface area (Å²) in [5, 5.41) is 1.90. The SMILES string of the molecule is O=S1(=O)c2cccnc2[C@@H]2C3c4ccccc4C(c4cc5ccccc5cc43)[C@@H]21. The molecule has 0 saturated carbocycles. The second-order valence-corrected chi connectivity index (χ2v) is 10.4. The van der Waals surface area contributed by atoms with Crippen molar-refractivity contribution in [3.05, 3.63) is 107 Å². The van der Waals surface area contributed by atoms with Gasteiger partial charge >= 0.3 is 0 Å². The van der Waals surface area contributed by atoms with E-state index in [1.54, 1.807) is 18.3 Å². The highest BCUT2D eigenvalue weighted by Crippen LogP contribution is 2.64. The Kier molecular flexibility index (Phi) is 2.81. The lowest BCUT2D eigenvalue weighted by Gasteiger charge is -2.47. The molecule has 8 rings (SSSR count). The Labute approximate surface area is 169 Å². The second-order valence-electron chi connectivity index (χ2n) is 8.33. The van der Waals surface area contributed by atoms with Crippen LogP contribution in [0.3, 0.4) is 0 Å². The third kappa shape index (κ3) is 1.79. The molecule has 0 fully saturated rings. The van der Waals surface area contributed by atoms with E-state index in [0.717, 1.165) is 11.3 Å². The number of nitrogens with zero attached hydrogens (tertiary/aromatic N) is 1. The van der Waals surface area contributed by atoms with Crippen LogP contribution in [-0.4, -0.2) is 18.7 Å².